The smallest absolute Gasteiger partial charge is 0.294 e. The second kappa shape index (κ2) is 8.66. The third-order valence-corrected chi connectivity index (χ3v) is 5.35. The van der Waals surface area contributed by atoms with E-state index in [0.717, 1.165) is 16.8 Å². The van der Waals surface area contributed by atoms with Crippen LogP contribution in [0.15, 0.2) is 47.4 Å². The number of aryl methyl sites for hydroxylation is 1. The van der Waals surface area contributed by atoms with Crippen LogP contribution in [0.3, 0.4) is 0 Å². The van der Waals surface area contributed by atoms with Crippen molar-refractivity contribution < 1.29 is 18.1 Å². The normalized spacial score (nSPS) is 11.8. The van der Waals surface area contributed by atoms with Crippen molar-refractivity contribution in [2.75, 3.05) is 11.5 Å². The van der Waals surface area contributed by atoms with Gasteiger partial charge in [0.25, 0.3) is 10.1 Å². The summed E-state index contributed by atoms with van der Waals surface area (Å²) in [5, 5.41) is 9.24. The van der Waals surface area contributed by atoms with Gasteiger partial charge in [-0.3, -0.25) is 4.55 Å². The summed E-state index contributed by atoms with van der Waals surface area (Å²) in [5.74, 6) is 0. The first-order valence-corrected chi connectivity index (χ1v) is 10.2. The third kappa shape index (κ3) is 4.84. The molecule has 0 amide bonds. The molecule has 0 atom stereocenters. The molecule has 2 aromatic carbocycles. The van der Waals surface area contributed by atoms with E-state index in [2.05, 4.69) is 18.7 Å². The Labute approximate surface area is 156 Å². The molecule has 26 heavy (non-hydrogen) atoms. The molecule has 142 valence electrons. The highest BCUT2D eigenvalue weighted by Crippen LogP contribution is 2.34. The lowest BCUT2D eigenvalue weighted by molar-refractivity contribution is 0.288. The number of anilines is 1. The molecule has 0 spiro atoms. The standard InChI is InChI=1S/C20H27NO4S/c1-15(2)21(14-17-8-5-4-6-9-17)20-16(3)11-12-19(26(23,24)25)18(20)10-7-13-22/h4-6,8-9,11-12,15,22H,7,10,13-14H2,1-3H3,(H,23,24,25). The minimum Gasteiger partial charge on any atom is -0.396 e. The van der Waals surface area contributed by atoms with Gasteiger partial charge in [-0.25, -0.2) is 0 Å². The van der Waals surface area contributed by atoms with E-state index in [0.29, 0.717) is 24.9 Å². The predicted octanol–water partition coefficient (Wildman–Crippen LogP) is 3.58. The first kappa shape index (κ1) is 20.4. The Balaban J connectivity index is 2.62. The molecule has 0 radical (unpaired) electrons. The molecule has 0 saturated heterocycles. The fourth-order valence-corrected chi connectivity index (χ4v) is 3.92. The van der Waals surface area contributed by atoms with Gasteiger partial charge in [0, 0.05) is 24.9 Å². The number of nitrogens with zero attached hydrogens (tertiary/aromatic N) is 1. The summed E-state index contributed by atoms with van der Waals surface area (Å²) in [4.78, 5) is 2.07. The van der Waals surface area contributed by atoms with Gasteiger partial charge in [0.15, 0.2) is 0 Å². The molecule has 6 heteroatoms. The lowest BCUT2D eigenvalue weighted by atomic mass is 10.0. The molecule has 0 heterocycles. The molecule has 0 bridgehead atoms. The maximum Gasteiger partial charge on any atom is 0.294 e. The second-order valence-electron chi connectivity index (χ2n) is 6.72. The Hall–Kier alpha value is -1.89. The Morgan fingerprint density at radius 1 is 1.08 bits per heavy atom. The first-order valence-electron chi connectivity index (χ1n) is 8.77. The van der Waals surface area contributed by atoms with E-state index in [1.165, 1.54) is 6.07 Å². The molecular formula is C20H27NO4S. The van der Waals surface area contributed by atoms with Crippen molar-refractivity contribution in [3.63, 3.8) is 0 Å². The van der Waals surface area contributed by atoms with Gasteiger partial charge in [0.2, 0.25) is 0 Å². The number of rotatable bonds is 8. The third-order valence-electron chi connectivity index (χ3n) is 4.41. The van der Waals surface area contributed by atoms with Crippen molar-refractivity contribution >= 4 is 15.8 Å². The van der Waals surface area contributed by atoms with Gasteiger partial charge in [-0.05, 0) is 56.4 Å². The number of hydrogen-bond acceptors (Lipinski definition) is 4. The van der Waals surface area contributed by atoms with Gasteiger partial charge in [-0.15, -0.1) is 0 Å². The Kier molecular flexibility index (Phi) is 6.81. The monoisotopic (exact) mass is 377 g/mol. The van der Waals surface area contributed by atoms with Gasteiger partial charge >= 0.3 is 0 Å². The largest absolute Gasteiger partial charge is 0.396 e. The highest BCUT2D eigenvalue weighted by atomic mass is 32.2. The summed E-state index contributed by atoms with van der Waals surface area (Å²) < 4.78 is 33.5. The average Bonchev–Trinajstić information content (AvgIpc) is 2.58. The highest BCUT2D eigenvalue weighted by Gasteiger charge is 2.24. The molecule has 0 aromatic heterocycles. The van der Waals surface area contributed by atoms with Crippen LogP contribution in [-0.2, 0) is 23.1 Å². The summed E-state index contributed by atoms with van der Waals surface area (Å²) in [6.07, 6.45) is 0.802. The number of hydrogen-bond donors (Lipinski definition) is 2. The van der Waals surface area contributed by atoms with E-state index in [1.54, 1.807) is 6.07 Å². The molecule has 0 unspecified atom stereocenters. The van der Waals surface area contributed by atoms with Crippen LogP contribution < -0.4 is 4.90 Å². The zero-order valence-corrected chi connectivity index (χ0v) is 16.3. The van der Waals surface area contributed by atoms with Crippen LogP contribution in [0, 0.1) is 6.92 Å². The maximum absolute atomic E-state index is 11.9. The van der Waals surface area contributed by atoms with Gasteiger partial charge in [-0.2, -0.15) is 8.42 Å². The molecule has 0 saturated carbocycles. The zero-order valence-electron chi connectivity index (χ0n) is 15.5. The van der Waals surface area contributed by atoms with Crippen molar-refractivity contribution in [3.05, 3.63) is 59.2 Å². The van der Waals surface area contributed by atoms with Crippen LogP contribution in [0.25, 0.3) is 0 Å². The first-order chi connectivity index (χ1) is 12.3. The molecule has 2 aromatic rings. The Morgan fingerprint density at radius 2 is 1.73 bits per heavy atom. The molecule has 2 rings (SSSR count). The van der Waals surface area contributed by atoms with E-state index < -0.39 is 10.1 Å². The number of aliphatic hydroxyl groups is 1. The minimum atomic E-state index is -4.34. The average molecular weight is 378 g/mol. The van der Waals surface area contributed by atoms with Gasteiger partial charge in [-0.1, -0.05) is 36.4 Å². The van der Waals surface area contributed by atoms with Crippen LogP contribution in [0.4, 0.5) is 5.69 Å². The van der Waals surface area contributed by atoms with Crippen LogP contribution in [-0.4, -0.2) is 30.7 Å². The minimum absolute atomic E-state index is 0.0430. The fourth-order valence-electron chi connectivity index (χ4n) is 3.17. The fraction of sp³-hybridized carbons (Fsp3) is 0.400. The topological polar surface area (TPSA) is 77.8 Å². The number of benzene rings is 2. The summed E-state index contributed by atoms with van der Waals surface area (Å²) >= 11 is 0. The van der Waals surface area contributed by atoms with Crippen molar-refractivity contribution in [1.82, 2.24) is 0 Å². The van der Waals surface area contributed by atoms with E-state index in [-0.39, 0.29) is 17.5 Å². The van der Waals surface area contributed by atoms with Crippen LogP contribution in [0.5, 0.6) is 0 Å². The molecule has 2 N–H and O–H groups in total. The summed E-state index contributed by atoms with van der Waals surface area (Å²) in [7, 11) is -4.34. The zero-order chi connectivity index (χ0) is 19.3. The molecular weight excluding hydrogens is 350 g/mol. The summed E-state index contributed by atoms with van der Waals surface area (Å²) in [6, 6.07) is 13.3. The predicted molar refractivity (Wildman–Crippen MR) is 104 cm³/mol. The Bertz CT molecular complexity index is 832. The van der Waals surface area contributed by atoms with Crippen LogP contribution in [0.2, 0.25) is 0 Å². The second-order valence-corrected chi connectivity index (χ2v) is 8.11. The lowest BCUT2D eigenvalue weighted by Crippen LogP contribution is -2.32. The van der Waals surface area contributed by atoms with Crippen molar-refractivity contribution in [3.8, 4) is 0 Å². The van der Waals surface area contributed by atoms with E-state index in [4.69, 9.17) is 0 Å². The molecule has 0 aliphatic carbocycles. The number of aliphatic hydroxyl groups excluding tert-OH is 1. The van der Waals surface area contributed by atoms with Gasteiger partial charge < -0.3 is 10.0 Å². The van der Waals surface area contributed by atoms with Gasteiger partial charge in [0.1, 0.15) is 0 Å². The molecule has 5 nitrogen and oxygen atoms in total. The van der Waals surface area contributed by atoms with E-state index >= 15 is 0 Å². The lowest BCUT2D eigenvalue weighted by Gasteiger charge is -2.33. The van der Waals surface area contributed by atoms with Crippen LogP contribution >= 0.6 is 0 Å². The van der Waals surface area contributed by atoms with Crippen LogP contribution in [0.1, 0.15) is 37.0 Å². The summed E-state index contributed by atoms with van der Waals surface area (Å²) in [5.41, 5.74) is 3.43. The van der Waals surface area contributed by atoms with Crippen molar-refractivity contribution in [2.24, 2.45) is 0 Å². The molecule has 0 fully saturated rings. The van der Waals surface area contributed by atoms with Gasteiger partial charge in [0.05, 0.1) is 4.90 Å². The Morgan fingerprint density at radius 3 is 2.27 bits per heavy atom. The summed E-state index contributed by atoms with van der Waals surface area (Å²) in [6.45, 7) is 6.63. The van der Waals surface area contributed by atoms with Crippen molar-refractivity contribution in [2.45, 2.75) is 51.1 Å². The quantitative estimate of drug-likeness (QED) is 0.688. The maximum atomic E-state index is 11.9. The van der Waals surface area contributed by atoms with Crippen molar-refractivity contribution in [1.29, 1.82) is 0 Å². The molecule has 0 aliphatic rings. The van der Waals surface area contributed by atoms with E-state index in [1.807, 2.05) is 37.3 Å². The molecule has 0 aliphatic heterocycles. The SMILES string of the molecule is Cc1ccc(S(=O)(=O)O)c(CCCO)c1N(Cc1ccccc1)C(C)C. The highest BCUT2D eigenvalue weighted by molar-refractivity contribution is 7.85. The van der Waals surface area contributed by atoms with E-state index in [9.17, 15) is 18.1 Å².